The lowest BCUT2D eigenvalue weighted by molar-refractivity contribution is 0.712. The van der Waals surface area contributed by atoms with Gasteiger partial charge < -0.3 is 5.73 Å². The van der Waals surface area contributed by atoms with Crippen LogP contribution in [0.3, 0.4) is 0 Å². The molecular weight excluding hydrogens is 266 g/mol. The Labute approximate surface area is 126 Å². The first-order chi connectivity index (χ1) is 9.60. The third-order valence-corrected chi connectivity index (χ3v) is 4.13. The van der Waals surface area contributed by atoms with Gasteiger partial charge in [0.05, 0.1) is 0 Å². The summed E-state index contributed by atoms with van der Waals surface area (Å²) in [4.78, 5) is 0. The summed E-state index contributed by atoms with van der Waals surface area (Å²) in [5, 5.41) is 0.766. The molecule has 2 unspecified atom stereocenters. The molecule has 2 atom stereocenters. The van der Waals surface area contributed by atoms with Gasteiger partial charge in [-0.1, -0.05) is 61.8 Å². The minimum atomic E-state index is 0.0134. The average Bonchev–Trinajstić information content (AvgIpc) is 2.46. The van der Waals surface area contributed by atoms with Gasteiger partial charge in [0.1, 0.15) is 0 Å². The van der Waals surface area contributed by atoms with Gasteiger partial charge in [-0.3, -0.25) is 0 Å². The van der Waals surface area contributed by atoms with Crippen LogP contribution in [0, 0.1) is 0 Å². The molecule has 2 rings (SSSR count). The summed E-state index contributed by atoms with van der Waals surface area (Å²) >= 11 is 6.01. The van der Waals surface area contributed by atoms with Crippen LogP contribution >= 0.6 is 11.6 Å². The van der Waals surface area contributed by atoms with Crippen molar-refractivity contribution < 1.29 is 0 Å². The number of hydrogen-bond donors (Lipinski definition) is 1. The third kappa shape index (κ3) is 3.84. The monoisotopic (exact) mass is 287 g/mol. The molecule has 0 bridgehead atoms. The van der Waals surface area contributed by atoms with Crippen LogP contribution in [0.5, 0.6) is 0 Å². The van der Waals surface area contributed by atoms with Crippen molar-refractivity contribution in [1.82, 2.24) is 0 Å². The van der Waals surface area contributed by atoms with E-state index in [0.29, 0.717) is 5.92 Å². The maximum Gasteiger partial charge on any atom is 0.0408 e. The van der Waals surface area contributed by atoms with Gasteiger partial charge in [-0.2, -0.15) is 0 Å². The molecule has 0 amide bonds. The lowest BCUT2D eigenvalue weighted by Gasteiger charge is -2.15. The quantitative estimate of drug-likeness (QED) is 0.814. The highest BCUT2D eigenvalue weighted by molar-refractivity contribution is 6.30. The fourth-order valence-electron chi connectivity index (χ4n) is 2.34. The van der Waals surface area contributed by atoms with Crippen LogP contribution < -0.4 is 5.73 Å². The van der Waals surface area contributed by atoms with Crippen molar-refractivity contribution in [3.63, 3.8) is 0 Å². The van der Waals surface area contributed by atoms with Crippen LogP contribution in [0.1, 0.15) is 48.9 Å². The summed E-state index contributed by atoms with van der Waals surface area (Å²) < 4.78 is 0. The normalized spacial score (nSPS) is 14.0. The summed E-state index contributed by atoms with van der Waals surface area (Å²) in [6.07, 6.45) is 1.97. The summed E-state index contributed by atoms with van der Waals surface area (Å²) in [5.41, 5.74) is 10.0. The van der Waals surface area contributed by atoms with Gasteiger partial charge in [-0.05, 0) is 47.6 Å². The van der Waals surface area contributed by atoms with E-state index in [1.807, 2.05) is 18.2 Å². The molecule has 0 heterocycles. The molecule has 0 fully saturated rings. The molecule has 0 aliphatic rings. The molecule has 1 nitrogen and oxygen atoms in total. The summed E-state index contributed by atoms with van der Waals surface area (Å²) in [6.45, 7) is 4.46. The zero-order chi connectivity index (χ0) is 14.5. The summed E-state index contributed by atoms with van der Waals surface area (Å²) in [7, 11) is 0. The Morgan fingerprint density at radius 2 is 1.70 bits per heavy atom. The van der Waals surface area contributed by atoms with Crippen LogP contribution in [0.4, 0.5) is 0 Å². The standard InChI is InChI=1S/C18H22ClN/c1-3-13(2)15-7-9-16(10-8-15)18(20)12-14-5-4-6-17(19)11-14/h4-11,13,18H,3,12,20H2,1-2H3. The van der Waals surface area contributed by atoms with Gasteiger partial charge in [0, 0.05) is 11.1 Å². The highest BCUT2D eigenvalue weighted by Gasteiger charge is 2.09. The van der Waals surface area contributed by atoms with E-state index in [4.69, 9.17) is 17.3 Å². The Bertz CT molecular complexity index is 548. The van der Waals surface area contributed by atoms with Gasteiger partial charge in [-0.15, -0.1) is 0 Å². The largest absolute Gasteiger partial charge is 0.324 e. The average molecular weight is 288 g/mol. The maximum atomic E-state index is 6.29. The van der Waals surface area contributed by atoms with E-state index >= 15 is 0 Å². The number of halogens is 1. The zero-order valence-corrected chi connectivity index (χ0v) is 12.9. The van der Waals surface area contributed by atoms with Gasteiger partial charge >= 0.3 is 0 Å². The minimum absolute atomic E-state index is 0.0134. The predicted octanol–water partition coefficient (Wildman–Crippen LogP) is 5.10. The molecule has 0 spiro atoms. The number of benzene rings is 2. The smallest absolute Gasteiger partial charge is 0.0408 e. The number of nitrogens with two attached hydrogens (primary N) is 1. The van der Waals surface area contributed by atoms with Crippen LogP contribution in [0.2, 0.25) is 5.02 Å². The highest BCUT2D eigenvalue weighted by Crippen LogP contribution is 2.23. The predicted molar refractivity (Wildman–Crippen MR) is 87.2 cm³/mol. The van der Waals surface area contributed by atoms with E-state index in [0.717, 1.165) is 17.9 Å². The Balaban J connectivity index is 2.07. The van der Waals surface area contributed by atoms with Crippen molar-refractivity contribution in [2.75, 3.05) is 0 Å². The van der Waals surface area contributed by atoms with Crippen molar-refractivity contribution >= 4 is 11.6 Å². The SMILES string of the molecule is CCC(C)c1ccc(C(N)Cc2cccc(Cl)c2)cc1. The van der Waals surface area contributed by atoms with Gasteiger partial charge in [-0.25, -0.2) is 0 Å². The highest BCUT2D eigenvalue weighted by atomic mass is 35.5. The van der Waals surface area contributed by atoms with E-state index in [2.05, 4.69) is 44.2 Å². The first kappa shape index (κ1) is 15.1. The molecule has 0 saturated heterocycles. The van der Waals surface area contributed by atoms with Crippen LogP contribution in [0.15, 0.2) is 48.5 Å². The second kappa shape index (κ2) is 6.92. The molecule has 2 N–H and O–H groups in total. The molecule has 0 aliphatic heterocycles. The molecule has 20 heavy (non-hydrogen) atoms. The number of hydrogen-bond acceptors (Lipinski definition) is 1. The second-order valence-corrected chi connectivity index (χ2v) is 5.85. The Morgan fingerprint density at radius 1 is 1.05 bits per heavy atom. The molecule has 0 aromatic heterocycles. The third-order valence-electron chi connectivity index (χ3n) is 3.89. The Hall–Kier alpha value is -1.31. The van der Waals surface area contributed by atoms with Crippen LogP contribution in [-0.4, -0.2) is 0 Å². The van der Waals surface area contributed by atoms with Crippen molar-refractivity contribution in [3.05, 3.63) is 70.2 Å². The van der Waals surface area contributed by atoms with E-state index < -0.39 is 0 Å². The van der Waals surface area contributed by atoms with E-state index in [-0.39, 0.29) is 6.04 Å². The first-order valence-electron chi connectivity index (χ1n) is 7.20. The first-order valence-corrected chi connectivity index (χ1v) is 7.57. The van der Waals surface area contributed by atoms with Gasteiger partial charge in [0.15, 0.2) is 0 Å². The molecule has 2 heteroatoms. The van der Waals surface area contributed by atoms with E-state index in [9.17, 15) is 0 Å². The van der Waals surface area contributed by atoms with Gasteiger partial charge in [0.25, 0.3) is 0 Å². The molecular formula is C18H22ClN. The number of rotatable bonds is 5. The fourth-order valence-corrected chi connectivity index (χ4v) is 2.56. The Kier molecular flexibility index (Phi) is 5.22. The van der Waals surface area contributed by atoms with Crippen LogP contribution in [-0.2, 0) is 6.42 Å². The van der Waals surface area contributed by atoms with Gasteiger partial charge in [0.2, 0.25) is 0 Å². The van der Waals surface area contributed by atoms with Crippen LogP contribution in [0.25, 0.3) is 0 Å². The van der Waals surface area contributed by atoms with Crippen molar-refractivity contribution in [2.24, 2.45) is 5.73 Å². The van der Waals surface area contributed by atoms with Crippen molar-refractivity contribution in [1.29, 1.82) is 0 Å². The fraction of sp³-hybridized carbons (Fsp3) is 0.333. The molecule has 2 aromatic carbocycles. The molecule has 0 aliphatic carbocycles. The maximum absolute atomic E-state index is 6.29. The molecule has 106 valence electrons. The van der Waals surface area contributed by atoms with Crippen molar-refractivity contribution in [2.45, 2.75) is 38.6 Å². The summed E-state index contributed by atoms with van der Waals surface area (Å²) in [5.74, 6) is 0.605. The topological polar surface area (TPSA) is 26.0 Å². The van der Waals surface area contributed by atoms with E-state index in [1.165, 1.54) is 16.7 Å². The zero-order valence-electron chi connectivity index (χ0n) is 12.1. The lowest BCUT2D eigenvalue weighted by atomic mass is 9.94. The Morgan fingerprint density at radius 3 is 2.30 bits per heavy atom. The second-order valence-electron chi connectivity index (χ2n) is 5.42. The molecule has 0 radical (unpaired) electrons. The summed E-state index contributed by atoms with van der Waals surface area (Å²) in [6, 6.07) is 16.6. The van der Waals surface area contributed by atoms with Crippen molar-refractivity contribution in [3.8, 4) is 0 Å². The van der Waals surface area contributed by atoms with E-state index in [1.54, 1.807) is 0 Å². The molecule has 0 saturated carbocycles. The molecule has 2 aromatic rings. The lowest BCUT2D eigenvalue weighted by Crippen LogP contribution is -2.13. The minimum Gasteiger partial charge on any atom is -0.324 e.